The van der Waals surface area contributed by atoms with Gasteiger partial charge in [-0.2, -0.15) is 0 Å². The average molecular weight is 356 g/mol. The van der Waals surface area contributed by atoms with E-state index in [4.69, 9.17) is 0 Å². The molecule has 1 heterocycles. The first kappa shape index (κ1) is 19.2. The molecule has 0 bridgehead atoms. The molecule has 1 amide bonds. The molecular formula is C18H26F2N2OS. The lowest BCUT2D eigenvalue weighted by atomic mass is 9.86. The van der Waals surface area contributed by atoms with E-state index in [1.165, 1.54) is 6.07 Å². The second kappa shape index (κ2) is 9.37. The lowest BCUT2D eigenvalue weighted by Gasteiger charge is -2.34. The first-order valence-electron chi connectivity index (χ1n) is 8.60. The van der Waals surface area contributed by atoms with E-state index < -0.39 is 11.6 Å². The van der Waals surface area contributed by atoms with Gasteiger partial charge in [0, 0.05) is 18.5 Å². The molecule has 3 atom stereocenters. The van der Waals surface area contributed by atoms with Crippen molar-refractivity contribution in [1.82, 2.24) is 10.6 Å². The maximum atomic E-state index is 13.5. The van der Waals surface area contributed by atoms with Crippen LogP contribution in [0.1, 0.15) is 44.6 Å². The van der Waals surface area contributed by atoms with Crippen molar-refractivity contribution >= 4 is 17.7 Å². The second-order valence-electron chi connectivity index (χ2n) is 6.25. The Morgan fingerprint density at radius 2 is 2.21 bits per heavy atom. The SMILES string of the molecule is CCCCSC(C)C(=O)NC1CNCCC1c1ccc(F)c(F)c1. The average Bonchev–Trinajstić information content (AvgIpc) is 2.58. The molecule has 1 aliphatic heterocycles. The van der Waals surface area contributed by atoms with Gasteiger partial charge in [0.2, 0.25) is 5.91 Å². The molecule has 6 heteroatoms. The number of hydrogen-bond acceptors (Lipinski definition) is 3. The normalized spacial score (nSPS) is 22.2. The highest BCUT2D eigenvalue weighted by Crippen LogP contribution is 2.27. The fraction of sp³-hybridized carbons (Fsp3) is 0.611. The van der Waals surface area contributed by atoms with Crippen LogP contribution >= 0.6 is 11.8 Å². The number of nitrogens with one attached hydrogen (secondary N) is 2. The van der Waals surface area contributed by atoms with Gasteiger partial charge in [-0.25, -0.2) is 8.78 Å². The highest BCUT2D eigenvalue weighted by molar-refractivity contribution is 8.00. The quantitative estimate of drug-likeness (QED) is 0.735. The van der Waals surface area contributed by atoms with Gasteiger partial charge in [-0.15, -0.1) is 11.8 Å². The molecule has 0 saturated carbocycles. The lowest BCUT2D eigenvalue weighted by molar-refractivity contribution is -0.121. The summed E-state index contributed by atoms with van der Waals surface area (Å²) in [7, 11) is 0. The minimum Gasteiger partial charge on any atom is -0.351 e. The standard InChI is InChI=1S/C18H26F2N2OS/c1-3-4-9-24-12(2)18(23)22-17-11-21-8-7-14(17)13-5-6-15(19)16(20)10-13/h5-6,10,12,14,17,21H,3-4,7-9,11H2,1-2H3,(H,22,23). The van der Waals surface area contributed by atoms with Crippen LogP contribution in [0.4, 0.5) is 8.78 Å². The molecule has 0 spiro atoms. The largest absolute Gasteiger partial charge is 0.351 e. The van der Waals surface area contributed by atoms with Gasteiger partial charge in [0.25, 0.3) is 0 Å². The minimum absolute atomic E-state index is 0.00172. The maximum Gasteiger partial charge on any atom is 0.233 e. The number of amides is 1. The predicted molar refractivity (Wildman–Crippen MR) is 95.3 cm³/mol. The number of hydrogen-bond donors (Lipinski definition) is 2. The van der Waals surface area contributed by atoms with E-state index in [0.717, 1.165) is 43.2 Å². The summed E-state index contributed by atoms with van der Waals surface area (Å²) in [6, 6.07) is 3.93. The molecule has 1 saturated heterocycles. The van der Waals surface area contributed by atoms with Crippen molar-refractivity contribution in [1.29, 1.82) is 0 Å². The lowest BCUT2D eigenvalue weighted by Crippen LogP contribution is -2.51. The molecule has 2 rings (SSSR count). The van der Waals surface area contributed by atoms with Gasteiger partial charge in [0.1, 0.15) is 0 Å². The summed E-state index contributed by atoms with van der Waals surface area (Å²) >= 11 is 1.66. The molecule has 3 unspecified atom stereocenters. The number of halogens is 2. The maximum absolute atomic E-state index is 13.5. The summed E-state index contributed by atoms with van der Waals surface area (Å²) < 4.78 is 26.7. The van der Waals surface area contributed by atoms with Crippen molar-refractivity contribution in [2.24, 2.45) is 0 Å². The zero-order chi connectivity index (χ0) is 17.5. The van der Waals surface area contributed by atoms with Gasteiger partial charge < -0.3 is 10.6 Å². The van der Waals surface area contributed by atoms with Gasteiger partial charge in [-0.3, -0.25) is 4.79 Å². The molecule has 3 nitrogen and oxygen atoms in total. The molecular weight excluding hydrogens is 330 g/mol. The van der Waals surface area contributed by atoms with Gasteiger partial charge in [-0.1, -0.05) is 19.4 Å². The Morgan fingerprint density at radius 3 is 2.92 bits per heavy atom. The topological polar surface area (TPSA) is 41.1 Å². The van der Waals surface area contributed by atoms with Crippen LogP contribution in [0.2, 0.25) is 0 Å². The smallest absolute Gasteiger partial charge is 0.233 e. The van der Waals surface area contributed by atoms with Crippen LogP contribution in [-0.4, -0.2) is 36.0 Å². The molecule has 1 fully saturated rings. The first-order valence-corrected chi connectivity index (χ1v) is 9.65. The van der Waals surface area contributed by atoms with Crippen LogP contribution < -0.4 is 10.6 Å². The summed E-state index contributed by atoms with van der Waals surface area (Å²) in [4.78, 5) is 12.4. The molecule has 24 heavy (non-hydrogen) atoms. The van der Waals surface area contributed by atoms with Gasteiger partial charge >= 0.3 is 0 Å². The van der Waals surface area contributed by atoms with Gasteiger partial charge in [0.05, 0.1) is 5.25 Å². The minimum atomic E-state index is -0.839. The Labute approximate surface area is 147 Å². The van der Waals surface area contributed by atoms with Crippen LogP contribution in [0.25, 0.3) is 0 Å². The van der Waals surface area contributed by atoms with E-state index in [2.05, 4.69) is 17.6 Å². The number of carbonyl (C=O) groups is 1. The van der Waals surface area contributed by atoms with Crippen LogP contribution in [0.15, 0.2) is 18.2 Å². The Hall–Kier alpha value is -1.14. The van der Waals surface area contributed by atoms with Crippen LogP contribution in [0.5, 0.6) is 0 Å². The molecule has 2 N–H and O–H groups in total. The summed E-state index contributed by atoms with van der Waals surface area (Å²) in [6.45, 7) is 5.49. The third kappa shape index (κ3) is 5.18. The Morgan fingerprint density at radius 1 is 1.42 bits per heavy atom. The molecule has 0 radical (unpaired) electrons. The Balaban J connectivity index is 2.00. The summed E-state index contributed by atoms with van der Waals surface area (Å²) in [5.41, 5.74) is 0.743. The second-order valence-corrected chi connectivity index (χ2v) is 7.70. The summed E-state index contributed by atoms with van der Waals surface area (Å²) in [5, 5.41) is 6.25. The van der Waals surface area contributed by atoms with Crippen molar-refractivity contribution < 1.29 is 13.6 Å². The molecule has 0 aromatic heterocycles. The van der Waals surface area contributed by atoms with E-state index >= 15 is 0 Å². The summed E-state index contributed by atoms with van der Waals surface area (Å²) in [6.07, 6.45) is 3.00. The third-order valence-corrected chi connectivity index (χ3v) is 5.65. The zero-order valence-electron chi connectivity index (χ0n) is 14.3. The van der Waals surface area contributed by atoms with Crippen LogP contribution in [0, 0.1) is 11.6 Å². The predicted octanol–water partition coefficient (Wildman–Crippen LogP) is 3.45. The van der Waals surface area contributed by atoms with Crippen molar-refractivity contribution in [2.45, 2.75) is 50.3 Å². The van der Waals surface area contributed by atoms with E-state index in [1.54, 1.807) is 17.8 Å². The number of benzene rings is 1. The third-order valence-electron chi connectivity index (χ3n) is 4.42. The van der Waals surface area contributed by atoms with Crippen LogP contribution in [0.3, 0.4) is 0 Å². The fourth-order valence-corrected chi connectivity index (χ4v) is 3.96. The van der Waals surface area contributed by atoms with E-state index in [0.29, 0.717) is 6.54 Å². The molecule has 1 aliphatic rings. The highest BCUT2D eigenvalue weighted by atomic mass is 32.2. The van der Waals surface area contributed by atoms with Crippen molar-refractivity contribution in [2.75, 3.05) is 18.8 Å². The fourth-order valence-electron chi connectivity index (χ4n) is 2.93. The number of piperidine rings is 1. The zero-order valence-corrected chi connectivity index (χ0v) is 15.1. The van der Waals surface area contributed by atoms with E-state index in [-0.39, 0.29) is 23.1 Å². The Kier molecular flexibility index (Phi) is 7.49. The Bertz CT molecular complexity index is 556. The summed E-state index contributed by atoms with van der Waals surface area (Å²) in [5.74, 6) is -0.690. The van der Waals surface area contributed by atoms with Crippen molar-refractivity contribution in [3.8, 4) is 0 Å². The van der Waals surface area contributed by atoms with E-state index in [9.17, 15) is 13.6 Å². The number of carbonyl (C=O) groups excluding carboxylic acids is 1. The molecule has 134 valence electrons. The number of rotatable bonds is 7. The number of thioether (sulfide) groups is 1. The van der Waals surface area contributed by atoms with Gasteiger partial charge in [0.15, 0.2) is 11.6 Å². The van der Waals surface area contributed by atoms with Gasteiger partial charge in [-0.05, 0) is 49.8 Å². The van der Waals surface area contributed by atoms with Crippen molar-refractivity contribution in [3.63, 3.8) is 0 Å². The van der Waals surface area contributed by atoms with Crippen molar-refractivity contribution in [3.05, 3.63) is 35.4 Å². The first-order chi connectivity index (χ1) is 11.5. The van der Waals surface area contributed by atoms with Crippen LogP contribution in [-0.2, 0) is 4.79 Å². The monoisotopic (exact) mass is 356 g/mol. The highest BCUT2D eigenvalue weighted by Gasteiger charge is 2.29. The molecule has 0 aliphatic carbocycles. The van der Waals surface area contributed by atoms with E-state index in [1.807, 2.05) is 6.92 Å². The number of unbranched alkanes of at least 4 members (excludes halogenated alkanes) is 1. The molecule has 1 aromatic rings. The molecule has 1 aromatic carbocycles.